The summed E-state index contributed by atoms with van der Waals surface area (Å²) >= 11 is 1.20. The van der Waals surface area contributed by atoms with Gasteiger partial charge in [0, 0.05) is 6.08 Å². The first-order valence-electron chi connectivity index (χ1n) is 9.22. The minimum absolute atomic E-state index is 0.131. The van der Waals surface area contributed by atoms with Crippen molar-refractivity contribution in [3.8, 4) is 17.1 Å². The van der Waals surface area contributed by atoms with E-state index < -0.39 is 4.92 Å². The van der Waals surface area contributed by atoms with Crippen LogP contribution in [0.3, 0.4) is 0 Å². The number of hydrogen-bond acceptors (Lipinski definition) is 7. The number of amides is 1. The molecule has 1 amide bonds. The van der Waals surface area contributed by atoms with Crippen LogP contribution in [-0.4, -0.2) is 23.1 Å². The van der Waals surface area contributed by atoms with Crippen LogP contribution >= 0.6 is 11.8 Å². The normalized spacial score (nSPS) is 16.0. The first-order chi connectivity index (χ1) is 14.9. The first kappa shape index (κ1) is 20.4. The molecule has 8 nitrogen and oxygen atoms in total. The van der Waals surface area contributed by atoms with Crippen LogP contribution in [0.25, 0.3) is 17.4 Å². The lowest BCUT2D eigenvalue weighted by atomic mass is 10.1. The van der Waals surface area contributed by atoms with Gasteiger partial charge >= 0.3 is 0 Å². The Morgan fingerprint density at radius 3 is 2.65 bits per heavy atom. The number of rotatable bonds is 5. The highest BCUT2D eigenvalue weighted by molar-refractivity contribution is 8.18. The number of carbonyl (C=O) groups is 1. The van der Waals surface area contributed by atoms with Crippen molar-refractivity contribution in [1.82, 2.24) is 5.32 Å². The molecule has 4 rings (SSSR count). The van der Waals surface area contributed by atoms with Crippen molar-refractivity contribution in [2.45, 2.75) is 6.92 Å². The summed E-state index contributed by atoms with van der Waals surface area (Å²) in [5.74, 6) is 0.806. The zero-order valence-electron chi connectivity index (χ0n) is 16.6. The van der Waals surface area contributed by atoms with Gasteiger partial charge in [0.25, 0.3) is 11.6 Å². The maximum atomic E-state index is 12.3. The van der Waals surface area contributed by atoms with Gasteiger partial charge in [-0.2, -0.15) is 0 Å². The highest BCUT2D eigenvalue weighted by atomic mass is 32.2. The summed E-state index contributed by atoms with van der Waals surface area (Å²) in [5, 5.41) is 14.6. The number of furan rings is 1. The molecule has 1 saturated heterocycles. The average Bonchev–Trinajstić information content (AvgIpc) is 3.36. The number of thioether (sulfide) groups is 1. The van der Waals surface area contributed by atoms with Gasteiger partial charge in [-0.25, -0.2) is 4.99 Å². The molecule has 1 fully saturated rings. The minimum Gasteiger partial charge on any atom is -0.497 e. The van der Waals surface area contributed by atoms with Gasteiger partial charge in [-0.3, -0.25) is 14.9 Å². The first-order valence-corrected chi connectivity index (χ1v) is 10.0. The van der Waals surface area contributed by atoms with Gasteiger partial charge in [-0.1, -0.05) is 17.7 Å². The Hall–Kier alpha value is -3.85. The summed E-state index contributed by atoms with van der Waals surface area (Å²) in [5.41, 5.74) is 2.05. The fourth-order valence-electron chi connectivity index (χ4n) is 2.92. The Bertz CT molecular complexity index is 1230. The Morgan fingerprint density at radius 2 is 1.94 bits per heavy atom. The lowest BCUT2D eigenvalue weighted by molar-refractivity contribution is -0.384. The van der Waals surface area contributed by atoms with Gasteiger partial charge < -0.3 is 14.5 Å². The van der Waals surface area contributed by atoms with Crippen LogP contribution in [0.15, 0.2) is 68.9 Å². The SMILES string of the molecule is COc1ccc(-c2ccc(/C=C3\SC(=Nc4ccc(C)cc4)NC3=O)o2)c([N+](=O)[O-])c1. The largest absolute Gasteiger partial charge is 0.497 e. The number of nitro benzene ring substituents is 1. The second kappa shape index (κ2) is 8.49. The number of carbonyl (C=O) groups excluding carboxylic acids is 1. The van der Waals surface area contributed by atoms with Crippen LogP contribution in [0.1, 0.15) is 11.3 Å². The zero-order chi connectivity index (χ0) is 22.0. The molecule has 1 aliphatic heterocycles. The van der Waals surface area contributed by atoms with Crippen molar-refractivity contribution in [3.05, 3.63) is 80.9 Å². The summed E-state index contributed by atoms with van der Waals surface area (Å²) < 4.78 is 10.8. The standard InChI is InChI=1S/C22H17N3O5S/c1-13-3-5-14(6-4-13)23-22-24-21(26)20(31-22)12-16-8-10-19(30-16)17-9-7-15(29-2)11-18(17)25(27)28/h3-12H,1-2H3,(H,23,24,26)/b20-12-. The molecule has 156 valence electrons. The minimum atomic E-state index is -0.493. The second-order valence-corrected chi connectivity index (χ2v) is 7.69. The zero-order valence-corrected chi connectivity index (χ0v) is 17.4. The summed E-state index contributed by atoms with van der Waals surface area (Å²) in [6, 6.07) is 15.4. The Kier molecular flexibility index (Phi) is 5.59. The van der Waals surface area contributed by atoms with Crippen LogP contribution in [0.4, 0.5) is 11.4 Å². The number of aryl methyl sites for hydroxylation is 1. The summed E-state index contributed by atoms with van der Waals surface area (Å²) in [4.78, 5) is 28.1. The van der Waals surface area contributed by atoms with Gasteiger partial charge in [0.2, 0.25) is 0 Å². The predicted octanol–water partition coefficient (Wildman–Crippen LogP) is 5.06. The molecular weight excluding hydrogens is 418 g/mol. The number of hydrogen-bond donors (Lipinski definition) is 1. The number of methoxy groups -OCH3 is 1. The number of ether oxygens (including phenoxy) is 1. The topological polar surface area (TPSA) is 107 Å². The summed E-state index contributed by atoms with van der Waals surface area (Å²) in [6.45, 7) is 1.99. The molecule has 2 heterocycles. The van der Waals surface area contributed by atoms with E-state index >= 15 is 0 Å². The fraction of sp³-hybridized carbons (Fsp3) is 0.0909. The fourth-order valence-corrected chi connectivity index (χ4v) is 3.74. The molecule has 0 aliphatic carbocycles. The predicted molar refractivity (Wildman–Crippen MR) is 119 cm³/mol. The van der Waals surface area contributed by atoms with E-state index in [1.165, 1.54) is 24.9 Å². The molecule has 0 saturated carbocycles. The monoisotopic (exact) mass is 435 g/mol. The number of amidine groups is 1. The van der Waals surface area contributed by atoms with Gasteiger partial charge in [-0.15, -0.1) is 0 Å². The Morgan fingerprint density at radius 1 is 1.16 bits per heavy atom. The van der Waals surface area contributed by atoms with Gasteiger partial charge in [-0.05, 0) is 55.1 Å². The van der Waals surface area contributed by atoms with Crippen LogP contribution in [-0.2, 0) is 4.79 Å². The summed E-state index contributed by atoms with van der Waals surface area (Å²) in [6.07, 6.45) is 1.58. The highest BCUT2D eigenvalue weighted by Gasteiger charge is 2.25. The van der Waals surface area contributed by atoms with Crippen LogP contribution in [0.5, 0.6) is 5.75 Å². The van der Waals surface area contributed by atoms with Crippen molar-refractivity contribution in [2.75, 3.05) is 7.11 Å². The van der Waals surface area contributed by atoms with E-state index in [1.54, 1.807) is 30.3 Å². The number of nitro groups is 1. The van der Waals surface area contributed by atoms with E-state index in [4.69, 9.17) is 9.15 Å². The highest BCUT2D eigenvalue weighted by Crippen LogP contribution is 2.35. The molecule has 0 atom stereocenters. The second-order valence-electron chi connectivity index (χ2n) is 6.66. The molecule has 1 N–H and O–H groups in total. The third-order valence-corrected chi connectivity index (χ3v) is 5.39. The molecule has 9 heteroatoms. The van der Waals surface area contributed by atoms with Crippen molar-refractivity contribution in [1.29, 1.82) is 0 Å². The summed E-state index contributed by atoms with van der Waals surface area (Å²) in [7, 11) is 1.44. The number of aliphatic imine (C=N–C) groups is 1. The third kappa shape index (κ3) is 4.51. The van der Waals surface area contributed by atoms with Gasteiger partial charge in [0.1, 0.15) is 17.3 Å². The molecule has 0 bridgehead atoms. The molecule has 1 aliphatic rings. The molecule has 1 aromatic heterocycles. The maximum Gasteiger partial charge on any atom is 0.284 e. The van der Waals surface area contributed by atoms with E-state index in [1.807, 2.05) is 31.2 Å². The number of nitrogens with zero attached hydrogens (tertiary/aromatic N) is 2. The lowest BCUT2D eigenvalue weighted by Gasteiger charge is -2.03. The van der Waals surface area contributed by atoms with Gasteiger partial charge in [0.15, 0.2) is 5.17 Å². The lowest BCUT2D eigenvalue weighted by Crippen LogP contribution is -2.19. The van der Waals surface area contributed by atoms with E-state index in [0.717, 1.165) is 11.3 Å². The van der Waals surface area contributed by atoms with Crippen molar-refractivity contribution >= 4 is 40.3 Å². The average molecular weight is 435 g/mol. The van der Waals surface area contributed by atoms with Crippen LogP contribution < -0.4 is 10.1 Å². The van der Waals surface area contributed by atoms with Crippen molar-refractivity contribution in [2.24, 2.45) is 4.99 Å². The number of nitrogens with one attached hydrogen (secondary N) is 1. The van der Waals surface area contributed by atoms with E-state index in [0.29, 0.717) is 32.9 Å². The molecule has 0 unspecified atom stereocenters. The third-order valence-electron chi connectivity index (χ3n) is 4.48. The Balaban J connectivity index is 1.58. The van der Waals surface area contributed by atoms with E-state index in [2.05, 4.69) is 10.3 Å². The molecule has 31 heavy (non-hydrogen) atoms. The Labute approximate surface area is 181 Å². The van der Waals surface area contributed by atoms with E-state index in [-0.39, 0.29) is 11.6 Å². The molecule has 0 radical (unpaired) electrons. The van der Waals surface area contributed by atoms with Crippen LogP contribution in [0.2, 0.25) is 0 Å². The quantitative estimate of drug-likeness (QED) is 0.341. The smallest absolute Gasteiger partial charge is 0.284 e. The molecular formula is C22H17N3O5S. The number of benzene rings is 2. The van der Waals surface area contributed by atoms with Gasteiger partial charge in [0.05, 0.1) is 34.3 Å². The maximum absolute atomic E-state index is 12.3. The van der Waals surface area contributed by atoms with Crippen LogP contribution in [0, 0.1) is 17.0 Å². The van der Waals surface area contributed by atoms with E-state index in [9.17, 15) is 14.9 Å². The molecule has 0 spiro atoms. The van der Waals surface area contributed by atoms with Crippen molar-refractivity contribution < 1.29 is 18.9 Å². The molecule has 3 aromatic rings. The molecule has 2 aromatic carbocycles. The van der Waals surface area contributed by atoms with Crippen molar-refractivity contribution in [3.63, 3.8) is 0 Å².